The van der Waals surface area contributed by atoms with Crippen LogP contribution in [-0.4, -0.2) is 23.8 Å². The molecule has 1 heterocycles. The van der Waals surface area contributed by atoms with Crippen molar-refractivity contribution in [2.75, 3.05) is 6.61 Å². The van der Waals surface area contributed by atoms with Gasteiger partial charge in [-0.2, -0.15) is 13.2 Å². The zero-order valence-corrected chi connectivity index (χ0v) is 11.3. The summed E-state index contributed by atoms with van der Waals surface area (Å²) in [6.45, 7) is 1.55. The van der Waals surface area contributed by atoms with E-state index in [4.69, 9.17) is 16.3 Å². The van der Waals surface area contributed by atoms with Gasteiger partial charge in [-0.3, -0.25) is 0 Å². The van der Waals surface area contributed by atoms with E-state index in [-0.39, 0.29) is 13.0 Å². The number of aryl methyl sites for hydroxylation is 1. The number of benzene rings is 1. The molecule has 0 bridgehead atoms. The van der Waals surface area contributed by atoms with Crippen LogP contribution in [0.15, 0.2) is 30.3 Å². The summed E-state index contributed by atoms with van der Waals surface area (Å²) in [6.07, 6.45) is -4.63. The summed E-state index contributed by atoms with van der Waals surface area (Å²) in [7, 11) is 0. The van der Waals surface area contributed by atoms with E-state index in [1.165, 1.54) is 6.92 Å². The Morgan fingerprint density at radius 1 is 1.32 bits per heavy atom. The minimum Gasteiger partial charge on any atom is -0.376 e. The average molecular weight is 293 g/mol. The molecule has 2 rings (SSSR count). The molecule has 5 heteroatoms. The van der Waals surface area contributed by atoms with Gasteiger partial charge in [0.1, 0.15) is 0 Å². The predicted molar refractivity (Wildman–Crippen MR) is 68.3 cm³/mol. The Morgan fingerprint density at radius 3 is 2.53 bits per heavy atom. The summed E-state index contributed by atoms with van der Waals surface area (Å²) >= 11 is 5.88. The first-order chi connectivity index (χ1) is 8.85. The third-order valence-electron chi connectivity index (χ3n) is 3.71. The van der Waals surface area contributed by atoms with Crippen molar-refractivity contribution >= 4 is 11.6 Å². The lowest BCUT2D eigenvalue weighted by Gasteiger charge is -2.33. The van der Waals surface area contributed by atoms with Gasteiger partial charge in [-0.1, -0.05) is 37.3 Å². The lowest BCUT2D eigenvalue weighted by molar-refractivity contribution is -0.180. The summed E-state index contributed by atoms with van der Waals surface area (Å²) < 4.78 is 44.8. The van der Waals surface area contributed by atoms with E-state index in [9.17, 15) is 13.2 Å². The van der Waals surface area contributed by atoms with E-state index < -0.39 is 23.1 Å². The van der Waals surface area contributed by atoms with Crippen LogP contribution in [0, 0.1) is 5.92 Å². The topological polar surface area (TPSA) is 9.23 Å². The Bertz CT molecular complexity index is 420. The van der Waals surface area contributed by atoms with Gasteiger partial charge < -0.3 is 4.74 Å². The van der Waals surface area contributed by atoms with E-state index in [2.05, 4.69) is 0 Å². The van der Waals surface area contributed by atoms with Crippen LogP contribution in [0.3, 0.4) is 0 Å². The van der Waals surface area contributed by atoms with Crippen LogP contribution in [0.1, 0.15) is 18.9 Å². The first-order valence-electron chi connectivity index (χ1n) is 6.27. The third-order valence-corrected chi connectivity index (χ3v) is 4.54. The molecule has 1 saturated heterocycles. The number of rotatable bonds is 3. The number of ether oxygens (including phenoxy) is 1. The van der Waals surface area contributed by atoms with Crippen LogP contribution in [0.4, 0.5) is 13.2 Å². The molecule has 0 aliphatic carbocycles. The normalized spacial score (nSPS) is 31.6. The van der Waals surface area contributed by atoms with Crippen molar-refractivity contribution in [3.63, 3.8) is 0 Å². The second-order valence-corrected chi connectivity index (χ2v) is 5.64. The van der Waals surface area contributed by atoms with Gasteiger partial charge in [0.2, 0.25) is 0 Å². The van der Waals surface area contributed by atoms with E-state index in [1.807, 2.05) is 30.3 Å². The molecule has 0 aromatic heterocycles. The molecule has 1 aromatic carbocycles. The van der Waals surface area contributed by atoms with Crippen LogP contribution in [0.25, 0.3) is 0 Å². The van der Waals surface area contributed by atoms with Gasteiger partial charge in [0, 0.05) is 5.92 Å². The summed E-state index contributed by atoms with van der Waals surface area (Å²) in [6, 6.07) is 9.39. The minimum atomic E-state index is -4.45. The molecular weight excluding hydrogens is 277 g/mol. The van der Waals surface area contributed by atoms with Crippen LogP contribution in [0.2, 0.25) is 0 Å². The highest BCUT2D eigenvalue weighted by molar-refractivity contribution is 6.25. The molecule has 0 spiro atoms. The highest BCUT2D eigenvalue weighted by Crippen LogP contribution is 2.50. The molecule has 0 saturated carbocycles. The standard InChI is InChI=1S/C14H16ClF3O/c1-10-9-19-12(13(10,15)14(16,17)18)8-7-11-5-3-2-4-6-11/h2-6,10,12H,7-9H2,1H3. The van der Waals surface area contributed by atoms with Gasteiger partial charge in [0.25, 0.3) is 0 Å². The number of hydrogen-bond acceptors (Lipinski definition) is 1. The van der Waals surface area contributed by atoms with E-state index in [0.29, 0.717) is 6.42 Å². The van der Waals surface area contributed by atoms with Gasteiger partial charge in [-0.25, -0.2) is 0 Å². The highest BCUT2D eigenvalue weighted by atomic mass is 35.5. The highest BCUT2D eigenvalue weighted by Gasteiger charge is 2.64. The fourth-order valence-corrected chi connectivity index (χ4v) is 2.75. The maximum Gasteiger partial charge on any atom is 0.410 e. The van der Waals surface area contributed by atoms with Crippen LogP contribution in [-0.2, 0) is 11.2 Å². The van der Waals surface area contributed by atoms with Crippen molar-refractivity contribution in [3.05, 3.63) is 35.9 Å². The summed E-state index contributed by atoms with van der Waals surface area (Å²) in [5, 5.41) is 0. The molecule has 1 aliphatic heterocycles. The fraction of sp³-hybridized carbons (Fsp3) is 0.571. The van der Waals surface area contributed by atoms with Gasteiger partial charge in [0.15, 0.2) is 4.87 Å². The maximum atomic E-state index is 13.2. The van der Waals surface area contributed by atoms with Crippen molar-refractivity contribution in [1.29, 1.82) is 0 Å². The molecule has 1 fully saturated rings. The molecule has 1 aromatic rings. The summed E-state index contributed by atoms with van der Waals surface area (Å²) in [4.78, 5) is -2.26. The van der Waals surface area contributed by atoms with Crippen molar-refractivity contribution in [3.8, 4) is 0 Å². The molecule has 3 unspecified atom stereocenters. The van der Waals surface area contributed by atoms with Crippen molar-refractivity contribution in [2.24, 2.45) is 5.92 Å². The second-order valence-electron chi connectivity index (χ2n) is 5.01. The van der Waals surface area contributed by atoms with Gasteiger partial charge >= 0.3 is 6.18 Å². The Hall–Kier alpha value is -0.740. The number of hydrogen-bond donors (Lipinski definition) is 0. The van der Waals surface area contributed by atoms with Crippen molar-refractivity contribution in [1.82, 2.24) is 0 Å². The monoisotopic (exact) mass is 292 g/mol. The third kappa shape index (κ3) is 2.75. The van der Waals surface area contributed by atoms with Gasteiger partial charge in [0.05, 0.1) is 12.7 Å². The Kier molecular flexibility index (Phi) is 4.11. The molecular formula is C14H16ClF3O. The largest absolute Gasteiger partial charge is 0.410 e. The zero-order valence-electron chi connectivity index (χ0n) is 10.6. The van der Waals surface area contributed by atoms with Crippen LogP contribution < -0.4 is 0 Å². The van der Waals surface area contributed by atoms with E-state index in [1.54, 1.807) is 0 Å². The van der Waals surface area contributed by atoms with E-state index >= 15 is 0 Å². The molecule has 19 heavy (non-hydrogen) atoms. The second kappa shape index (κ2) is 5.33. The zero-order chi connectivity index (χ0) is 14.1. The fourth-order valence-electron chi connectivity index (χ4n) is 2.52. The first-order valence-corrected chi connectivity index (χ1v) is 6.64. The van der Waals surface area contributed by atoms with Gasteiger partial charge in [-0.15, -0.1) is 11.6 Å². The van der Waals surface area contributed by atoms with Crippen molar-refractivity contribution < 1.29 is 17.9 Å². The molecule has 1 nitrogen and oxygen atoms in total. The molecule has 3 atom stereocenters. The molecule has 0 radical (unpaired) electrons. The van der Waals surface area contributed by atoms with E-state index in [0.717, 1.165) is 5.56 Å². The average Bonchev–Trinajstić information content (AvgIpc) is 2.66. The molecule has 106 valence electrons. The lowest BCUT2D eigenvalue weighted by atomic mass is 9.87. The lowest BCUT2D eigenvalue weighted by Crippen LogP contribution is -2.50. The Morgan fingerprint density at radius 2 is 1.95 bits per heavy atom. The van der Waals surface area contributed by atoms with Gasteiger partial charge in [-0.05, 0) is 18.4 Å². The molecule has 0 amide bonds. The molecule has 1 aliphatic rings. The quantitative estimate of drug-likeness (QED) is 0.759. The maximum absolute atomic E-state index is 13.2. The Labute approximate surface area is 115 Å². The SMILES string of the molecule is CC1COC(CCc2ccccc2)C1(Cl)C(F)(F)F. The number of alkyl halides is 4. The summed E-state index contributed by atoms with van der Waals surface area (Å²) in [5.41, 5.74) is 0.992. The minimum absolute atomic E-state index is 0.0580. The Balaban J connectivity index is 2.08. The predicted octanol–water partition coefficient (Wildman–Crippen LogP) is 4.19. The first kappa shape index (κ1) is 14.7. The van der Waals surface area contributed by atoms with Crippen LogP contribution in [0.5, 0.6) is 0 Å². The summed E-state index contributed by atoms with van der Waals surface area (Å²) in [5.74, 6) is -0.727. The number of halogens is 4. The smallest absolute Gasteiger partial charge is 0.376 e. The van der Waals surface area contributed by atoms with Crippen molar-refractivity contribution in [2.45, 2.75) is 36.9 Å². The van der Waals surface area contributed by atoms with Crippen LogP contribution >= 0.6 is 11.6 Å². The molecule has 0 N–H and O–H groups in total.